The number of rotatable bonds is 2. The van der Waals surface area contributed by atoms with E-state index in [1.54, 1.807) is 0 Å². The molecule has 1 saturated heterocycles. The average molecular weight is 303 g/mol. The minimum atomic E-state index is -0.157. The second kappa shape index (κ2) is 5.52. The SMILES string of the molecule is Cc1nn(C(C)(C)C)c2[nH]c(=O)c(CN3CCNCC3)cc12. The molecule has 3 rings (SSSR count). The van der Waals surface area contributed by atoms with E-state index in [0.29, 0.717) is 6.54 Å². The van der Waals surface area contributed by atoms with E-state index in [2.05, 4.69) is 41.1 Å². The van der Waals surface area contributed by atoms with Crippen molar-refractivity contribution >= 4 is 11.0 Å². The van der Waals surface area contributed by atoms with Crippen molar-refractivity contribution in [3.05, 3.63) is 27.7 Å². The Kier molecular flexibility index (Phi) is 3.82. The maximum Gasteiger partial charge on any atom is 0.254 e. The van der Waals surface area contributed by atoms with Crippen LogP contribution in [0, 0.1) is 6.92 Å². The van der Waals surface area contributed by atoms with Crippen LogP contribution in [0.4, 0.5) is 0 Å². The van der Waals surface area contributed by atoms with Crippen LogP contribution in [0.5, 0.6) is 0 Å². The number of aromatic amines is 1. The van der Waals surface area contributed by atoms with Crippen molar-refractivity contribution in [1.29, 1.82) is 0 Å². The molecule has 0 bridgehead atoms. The standard InChI is InChI=1S/C16H25N5O/c1-11-13-9-12(10-20-7-5-17-6-8-20)15(22)18-14(13)21(19-11)16(2,3)4/h9,17H,5-8,10H2,1-4H3,(H,18,22). The molecule has 0 spiro atoms. The number of aromatic nitrogens is 3. The molecule has 0 unspecified atom stereocenters. The van der Waals surface area contributed by atoms with Gasteiger partial charge in [0.05, 0.1) is 11.2 Å². The molecule has 2 aromatic heterocycles. The Bertz CT molecular complexity index is 731. The summed E-state index contributed by atoms with van der Waals surface area (Å²) in [5.41, 5.74) is 2.44. The molecule has 0 aliphatic carbocycles. The molecule has 0 amide bonds. The quantitative estimate of drug-likeness (QED) is 0.875. The number of piperazine rings is 1. The summed E-state index contributed by atoms with van der Waals surface area (Å²) in [6.45, 7) is 12.9. The monoisotopic (exact) mass is 303 g/mol. The van der Waals surface area contributed by atoms with Crippen molar-refractivity contribution in [2.45, 2.75) is 39.8 Å². The van der Waals surface area contributed by atoms with Gasteiger partial charge in [-0.25, -0.2) is 4.68 Å². The third-order valence-corrected chi connectivity index (χ3v) is 4.19. The van der Waals surface area contributed by atoms with Gasteiger partial charge in [0.1, 0.15) is 5.65 Å². The molecule has 6 nitrogen and oxygen atoms in total. The van der Waals surface area contributed by atoms with Crippen LogP contribution in [0.15, 0.2) is 10.9 Å². The molecule has 1 aliphatic heterocycles. The Hall–Kier alpha value is -1.66. The van der Waals surface area contributed by atoms with E-state index in [0.717, 1.165) is 48.5 Å². The number of hydrogen-bond donors (Lipinski definition) is 2. The number of H-pyrrole nitrogens is 1. The molecule has 1 fully saturated rings. The van der Waals surface area contributed by atoms with Crippen molar-refractivity contribution in [2.75, 3.05) is 26.2 Å². The minimum Gasteiger partial charge on any atom is -0.314 e. The zero-order valence-electron chi connectivity index (χ0n) is 13.9. The first kappa shape index (κ1) is 15.2. The van der Waals surface area contributed by atoms with Gasteiger partial charge in [0.25, 0.3) is 5.56 Å². The topological polar surface area (TPSA) is 66.0 Å². The Labute approximate surface area is 130 Å². The Balaban J connectivity index is 2.01. The fourth-order valence-electron chi connectivity index (χ4n) is 2.97. The van der Waals surface area contributed by atoms with Crippen molar-refractivity contribution in [3.63, 3.8) is 0 Å². The first-order valence-electron chi connectivity index (χ1n) is 7.91. The highest BCUT2D eigenvalue weighted by atomic mass is 16.1. The Morgan fingerprint density at radius 2 is 1.95 bits per heavy atom. The van der Waals surface area contributed by atoms with Crippen LogP contribution in [0.25, 0.3) is 11.0 Å². The lowest BCUT2D eigenvalue weighted by Gasteiger charge is -2.26. The predicted octanol–water partition coefficient (Wildman–Crippen LogP) is 1.19. The summed E-state index contributed by atoms with van der Waals surface area (Å²) >= 11 is 0. The minimum absolute atomic E-state index is 0.00330. The number of fused-ring (bicyclic) bond motifs is 1. The molecule has 2 N–H and O–H groups in total. The molecule has 1 aliphatic rings. The van der Waals surface area contributed by atoms with E-state index < -0.39 is 0 Å². The number of pyridine rings is 1. The fourth-order valence-corrected chi connectivity index (χ4v) is 2.97. The summed E-state index contributed by atoms with van der Waals surface area (Å²) < 4.78 is 1.91. The van der Waals surface area contributed by atoms with Crippen LogP contribution in [-0.4, -0.2) is 45.8 Å². The molecular formula is C16H25N5O. The van der Waals surface area contributed by atoms with Gasteiger partial charge in [-0.1, -0.05) is 0 Å². The van der Waals surface area contributed by atoms with Gasteiger partial charge in [-0.3, -0.25) is 9.69 Å². The number of nitrogens with one attached hydrogen (secondary N) is 2. The lowest BCUT2D eigenvalue weighted by Crippen LogP contribution is -2.43. The molecule has 0 saturated carbocycles. The number of aryl methyl sites for hydroxylation is 1. The zero-order chi connectivity index (χ0) is 15.9. The summed E-state index contributed by atoms with van der Waals surface area (Å²) in [6, 6.07) is 2.01. The highest BCUT2D eigenvalue weighted by molar-refractivity contribution is 5.78. The van der Waals surface area contributed by atoms with Crippen molar-refractivity contribution in [3.8, 4) is 0 Å². The predicted molar refractivity (Wildman–Crippen MR) is 88.2 cm³/mol. The molecular weight excluding hydrogens is 278 g/mol. The second-order valence-electron chi connectivity index (χ2n) is 7.08. The van der Waals surface area contributed by atoms with Gasteiger partial charge in [-0.05, 0) is 33.8 Å². The summed E-state index contributed by atoms with van der Waals surface area (Å²) in [7, 11) is 0. The van der Waals surface area contributed by atoms with Crippen LogP contribution in [0.3, 0.4) is 0 Å². The third kappa shape index (κ3) is 2.80. The summed E-state index contributed by atoms with van der Waals surface area (Å²) in [5.74, 6) is 0. The average Bonchev–Trinajstić information content (AvgIpc) is 2.77. The van der Waals surface area contributed by atoms with Gasteiger partial charge in [-0.15, -0.1) is 0 Å². The summed E-state index contributed by atoms with van der Waals surface area (Å²) in [5, 5.41) is 8.99. The van der Waals surface area contributed by atoms with Gasteiger partial charge in [0.2, 0.25) is 0 Å². The summed E-state index contributed by atoms with van der Waals surface area (Å²) in [6.07, 6.45) is 0. The van der Waals surface area contributed by atoms with E-state index in [1.807, 2.05) is 17.7 Å². The van der Waals surface area contributed by atoms with Crippen molar-refractivity contribution in [2.24, 2.45) is 0 Å². The van der Waals surface area contributed by atoms with E-state index >= 15 is 0 Å². The molecule has 0 aromatic carbocycles. The van der Waals surface area contributed by atoms with E-state index in [1.165, 1.54) is 0 Å². The fraction of sp³-hybridized carbons (Fsp3) is 0.625. The van der Waals surface area contributed by atoms with Crippen LogP contribution < -0.4 is 10.9 Å². The van der Waals surface area contributed by atoms with Crippen LogP contribution >= 0.6 is 0 Å². The smallest absolute Gasteiger partial charge is 0.254 e. The van der Waals surface area contributed by atoms with Gasteiger partial charge in [0, 0.05) is 43.7 Å². The first-order chi connectivity index (χ1) is 10.4. The molecule has 22 heavy (non-hydrogen) atoms. The maximum absolute atomic E-state index is 12.5. The molecule has 6 heteroatoms. The highest BCUT2D eigenvalue weighted by Gasteiger charge is 2.21. The molecule has 3 heterocycles. The largest absolute Gasteiger partial charge is 0.314 e. The lowest BCUT2D eigenvalue weighted by atomic mass is 10.1. The Morgan fingerprint density at radius 3 is 2.59 bits per heavy atom. The number of nitrogens with zero attached hydrogens (tertiary/aromatic N) is 3. The van der Waals surface area contributed by atoms with Crippen molar-refractivity contribution in [1.82, 2.24) is 25.0 Å². The highest BCUT2D eigenvalue weighted by Crippen LogP contribution is 2.23. The normalized spacial score (nSPS) is 17.3. The van der Waals surface area contributed by atoms with E-state index in [-0.39, 0.29) is 11.1 Å². The summed E-state index contributed by atoms with van der Waals surface area (Å²) in [4.78, 5) is 17.8. The first-order valence-corrected chi connectivity index (χ1v) is 7.91. The molecule has 120 valence electrons. The van der Waals surface area contributed by atoms with Gasteiger partial charge < -0.3 is 10.3 Å². The van der Waals surface area contributed by atoms with E-state index in [4.69, 9.17) is 0 Å². The van der Waals surface area contributed by atoms with Gasteiger partial charge in [0.15, 0.2) is 0 Å². The lowest BCUT2D eigenvalue weighted by molar-refractivity contribution is 0.232. The maximum atomic E-state index is 12.5. The third-order valence-electron chi connectivity index (χ3n) is 4.19. The van der Waals surface area contributed by atoms with Crippen molar-refractivity contribution < 1.29 is 0 Å². The van der Waals surface area contributed by atoms with Crippen LogP contribution in [-0.2, 0) is 12.1 Å². The van der Waals surface area contributed by atoms with Gasteiger partial charge >= 0.3 is 0 Å². The second-order valence-corrected chi connectivity index (χ2v) is 7.08. The molecule has 0 atom stereocenters. The van der Waals surface area contributed by atoms with Crippen LogP contribution in [0.1, 0.15) is 32.0 Å². The van der Waals surface area contributed by atoms with Crippen LogP contribution in [0.2, 0.25) is 0 Å². The molecule has 0 radical (unpaired) electrons. The molecule has 2 aromatic rings. The number of hydrogen-bond acceptors (Lipinski definition) is 4. The van der Waals surface area contributed by atoms with Gasteiger partial charge in [-0.2, -0.15) is 5.10 Å². The Morgan fingerprint density at radius 1 is 1.27 bits per heavy atom. The zero-order valence-corrected chi connectivity index (χ0v) is 13.9. The van der Waals surface area contributed by atoms with E-state index in [9.17, 15) is 4.79 Å².